The van der Waals surface area contributed by atoms with E-state index in [9.17, 15) is 0 Å². The zero-order chi connectivity index (χ0) is 11.4. The summed E-state index contributed by atoms with van der Waals surface area (Å²) < 4.78 is 5.53. The van der Waals surface area contributed by atoms with Crippen molar-refractivity contribution in [3.8, 4) is 0 Å². The number of ether oxygens (including phenoxy) is 1. The molecule has 1 atom stereocenters. The molecule has 2 aliphatic rings. The predicted molar refractivity (Wildman–Crippen MR) is 66.7 cm³/mol. The van der Waals surface area contributed by atoms with Crippen molar-refractivity contribution in [1.82, 2.24) is 10.2 Å². The lowest BCUT2D eigenvalue weighted by Crippen LogP contribution is -2.45. The molecule has 1 unspecified atom stereocenters. The number of nitrogens with zero attached hydrogens (tertiary/aromatic N) is 1. The Kier molecular flexibility index (Phi) is 4.62. The van der Waals surface area contributed by atoms with Crippen LogP contribution in [0.4, 0.5) is 0 Å². The number of hydrogen-bond donors (Lipinski definition) is 1. The number of likely N-dealkylation sites (tertiary alicyclic amines) is 1. The second-order valence-corrected chi connectivity index (χ2v) is 5.22. The van der Waals surface area contributed by atoms with Gasteiger partial charge in [-0.25, -0.2) is 0 Å². The first-order chi connectivity index (χ1) is 7.79. The maximum atomic E-state index is 5.53. The van der Waals surface area contributed by atoms with Crippen LogP contribution < -0.4 is 5.32 Å². The normalized spacial score (nSPS) is 25.9. The van der Waals surface area contributed by atoms with E-state index in [1.54, 1.807) is 0 Å². The van der Waals surface area contributed by atoms with Crippen molar-refractivity contribution in [2.24, 2.45) is 0 Å². The third kappa shape index (κ3) is 3.72. The van der Waals surface area contributed by atoms with Crippen LogP contribution in [0, 0.1) is 0 Å². The predicted octanol–water partition coefficient (Wildman–Crippen LogP) is 1.63. The van der Waals surface area contributed by atoms with E-state index in [1.165, 1.54) is 38.8 Å². The molecule has 1 saturated heterocycles. The lowest BCUT2D eigenvalue weighted by atomic mass is 10.0. The van der Waals surface area contributed by atoms with Crippen molar-refractivity contribution >= 4 is 0 Å². The standard InChI is InChI=1S/C13H26N2O/c1-3-16-11(2)10-14-12-6-8-15(9-7-12)13-4-5-13/h11-14H,3-10H2,1-2H3. The van der Waals surface area contributed by atoms with Gasteiger partial charge < -0.3 is 15.0 Å². The number of nitrogens with one attached hydrogen (secondary N) is 1. The lowest BCUT2D eigenvalue weighted by molar-refractivity contribution is 0.0706. The number of hydrogen-bond acceptors (Lipinski definition) is 3. The van der Waals surface area contributed by atoms with Gasteiger partial charge in [0.2, 0.25) is 0 Å². The Morgan fingerprint density at radius 1 is 1.25 bits per heavy atom. The molecule has 1 saturated carbocycles. The molecule has 3 nitrogen and oxygen atoms in total. The van der Waals surface area contributed by atoms with E-state index < -0.39 is 0 Å². The third-order valence-corrected chi connectivity index (χ3v) is 3.74. The molecule has 0 aromatic rings. The largest absolute Gasteiger partial charge is 0.377 e. The lowest BCUT2D eigenvalue weighted by Gasteiger charge is -2.33. The smallest absolute Gasteiger partial charge is 0.0671 e. The van der Waals surface area contributed by atoms with Gasteiger partial charge in [0, 0.05) is 25.2 Å². The number of rotatable bonds is 6. The minimum atomic E-state index is 0.353. The van der Waals surface area contributed by atoms with Gasteiger partial charge in [-0.1, -0.05) is 0 Å². The molecule has 0 aromatic heterocycles. The average Bonchev–Trinajstić information content (AvgIpc) is 3.11. The number of piperidine rings is 1. The van der Waals surface area contributed by atoms with Gasteiger partial charge in [-0.15, -0.1) is 0 Å². The van der Waals surface area contributed by atoms with Crippen molar-refractivity contribution in [2.75, 3.05) is 26.2 Å². The highest BCUT2D eigenvalue weighted by Gasteiger charge is 2.31. The fourth-order valence-electron chi connectivity index (χ4n) is 2.58. The average molecular weight is 226 g/mol. The van der Waals surface area contributed by atoms with Gasteiger partial charge in [0.15, 0.2) is 0 Å². The van der Waals surface area contributed by atoms with Gasteiger partial charge >= 0.3 is 0 Å². The maximum absolute atomic E-state index is 5.53. The molecule has 94 valence electrons. The van der Waals surface area contributed by atoms with Crippen molar-refractivity contribution in [3.63, 3.8) is 0 Å². The highest BCUT2D eigenvalue weighted by atomic mass is 16.5. The summed E-state index contributed by atoms with van der Waals surface area (Å²) in [6.07, 6.45) is 5.87. The summed E-state index contributed by atoms with van der Waals surface area (Å²) in [5.41, 5.74) is 0. The molecule has 0 spiro atoms. The topological polar surface area (TPSA) is 24.5 Å². The molecular weight excluding hydrogens is 200 g/mol. The van der Waals surface area contributed by atoms with Crippen LogP contribution in [-0.4, -0.2) is 49.3 Å². The molecule has 1 N–H and O–H groups in total. The maximum Gasteiger partial charge on any atom is 0.0671 e. The third-order valence-electron chi connectivity index (χ3n) is 3.74. The summed E-state index contributed by atoms with van der Waals surface area (Å²) in [6.45, 7) is 8.63. The first-order valence-electron chi connectivity index (χ1n) is 6.88. The Labute approximate surface area is 99.5 Å². The fourth-order valence-corrected chi connectivity index (χ4v) is 2.58. The van der Waals surface area contributed by atoms with Crippen LogP contribution in [0.3, 0.4) is 0 Å². The van der Waals surface area contributed by atoms with Crippen molar-refractivity contribution in [3.05, 3.63) is 0 Å². The van der Waals surface area contributed by atoms with Gasteiger partial charge in [0.1, 0.15) is 0 Å². The molecule has 3 heteroatoms. The highest BCUT2D eigenvalue weighted by Crippen LogP contribution is 2.29. The minimum Gasteiger partial charge on any atom is -0.377 e. The van der Waals surface area contributed by atoms with Gasteiger partial charge in [-0.05, 0) is 52.6 Å². The van der Waals surface area contributed by atoms with Gasteiger partial charge in [-0.2, -0.15) is 0 Å². The summed E-state index contributed by atoms with van der Waals surface area (Å²) in [4.78, 5) is 2.67. The van der Waals surface area contributed by atoms with E-state index >= 15 is 0 Å². The van der Waals surface area contributed by atoms with Crippen LogP contribution in [0.15, 0.2) is 0 Å². The first kappa shape index (κ1) is 12.3. The van der Waals surface area contributed by atoms with E-state index in [-0.39, 0.29) is 0 Å². The Morgan fingerprint density at radius 2 is 1.94 bits per heavy atom. The van der Waals surface area contributed by atoms with E-state index in [4.69, 9.17) is 4.74 Å². The van der Waals surface area contributed by atoms with Crippen LogP contribution in [0.1, 0.15) is 39.5 Å². The summed E-state index contributed by atoms with van der Waals surface area (Å²) in [6, 6.07) is 1.67. The summed E-state index contributed by atoms with van der Waals surface area (Å²) in [5, 5.41) is 3.63. The van der Waals surface area contributed by atoms with E-state index in [2.05, 4.69) is 24.1 Å². The molecule has 2 rings (SSSR count). The quantitative estimate of drug-likeness (QED) is 0.745. The Hall–Kier alpha value is -0.120. The van der Waals surface area contributed by atoms with Gasteiger partial charge in [0.25, 0.3) is 0 Å². The van der Waals surface area contributed by atoms with Gasteiger partial charge in [-0.3, -0.25) is 0 Å². The second-order valence-electron chi connectivity index (χ2n) is 5.22. The van der Waals surface area contributed by atoms with Crippen molar-refractivity contribution in [1.29, 1.82) is 0 Å². The van der Waals surface area contributed by atoms with E-state index in [0.29, 0.717) is 6.10 Å². The first-order valence-corrected chi connectivity index (χ1v) is 6.88. The molecular formula is C13H26N2O. The second kappa shape index (κ2) is 5.99. The zero-order valence-corrected chi connectivity index (χ0v) is 10.7. The molecule has 0 radical (unpaired) electrons. The summed E-state index contributed by atoms with van der Waals surface area (Å²) >= 11 is 0. The molecule has 1 aliphatic heterocycles. The van der Waals surface area contributed by atoms with Crippen LogP contribution in [0.25, 0.3) is 0 Å². The molecule has 16 heavy (non-hydrogen) atoms. The molecule has 0 bridgehead atoms. The van der Waals surface area contributed by atoms with Crippen molar-refractivity contribution in [2.45, 2.75) is 57.7 Å². The molecule has 0 amide bonds. The molecule has 1 heterocycles. The highest BCUT2D eigenvalue weighted by molar-refractivity contribution is 4.88. The monoisotopic (exact) mass is 226 g/mol. The minimum absolute atomic E-state index is 0.353. The zero-order valence-electron chi connectivity index (χ0n) is 10.7. The Balaban J connectivity index is 1.57. The van der Waals surface area contributed by atoms with E-state index in [0.717, 1.165) is 25.2 Å². The molecule has 0 aromatic carbocycles. The SMILES string of the molecule is CCOC(C)CNC1CCN(C2CC2)CC1. The Morgan fingerprint density at radius 3 is 2.50 bits per heavy atom. The van der Waals surface area contributed by atoms with Crippen molar-refractivity contribution < 1.29 is 4.74 Å². The van der Waals surface area contributed by atoms with Crippen LogP contribution in [0.2, 0.25) is 0 Å². The summed E-state index contributed by atoms with van der Waals surface area (Å²) in [5.74, 6) is 0. The van der Waals surface area contributed by atoms with Crippen LogP contribution >= 0.6 is 0 Å². The van der Waals surface area contributed by atoms with Gasteiger partial charge in [0.05, 0.1) is 6.10 Å². The molecule has 1 aliphatic carbocycles. The Bertz CT molecular complexity index is 198. The summed E-state index contributed by atoms with van der Waals surface area (Å²) in [7, 11) is 0. The van der Waals surface area contributed by atoms with E-state index in [1.807, 2.05) is 0 Å². The fraction of sp³-hybridized carbons (Fsp3) is 1.00. The molecule has 2 fully saturated rings. The van der Waals surface area contributed by atoms with Crippen LogP contribution in [-0.2, 0) is 4.74 Å². The van der Waals surface area contributed by atoms with Crippen LogP contribution in [0.5, 0.6) is 0 Å².